The van der Waals surface area contributed by atoms with Crippen molar-refractivity contribution in [2.45, 2.75) is 19.1 Å². The first-order valence-electron chi connectivity index (χ1n) is 5.93. The molecule has 10 nitrogen and oxygen atoms in total. The van der Waals surface area contributed by atoms with Crippen molar-refractivity contribution in [2.75, 3.05) is 13.1 Å². The summed E-state index contributed by atoms with van der Waals surface area (Å²) in [6, 6.07) is -0.484. The molecule has 2 heterocycles. The first kappa shape index (κ1) is 13.9. The highest BCUT2D eigenvalue weighted by atomic mass is 16.4. The van der Waals surface area contributed by atoms with E-state index in [-0.39, 0.29) is 38.0 Å². The number of piperazine rings is 1. The number of hydrogen-bond acceptors (Lipinski definition) is 6. The van der Waals surface area contributed by atoms with Crippen molar-refractivity contribution >= 4 is 17.8 Å². The molecule has 0 radical (unpaired) electrons. The van der Waals surface area contributed by atoms with Crippen LogP contribution in [0.4, 0.5) is 0 Å². The molecule has 4 N–H and O–H groups in total. The van der Waals surface area contributed by atoms with Crippen molar-refractivity contribution < 1.29 is 19.5 Å². The number of aliphatic carboxylic acids is 1. The molecule has 1 aliphatic heterocycles. The van der Waals surface area contributed by atoms with Gasteiger partial charge in [0.05, 0.1) is 19.3 Å². The number of carboxylic acid groups (broad SMARTS) is 1. The lowest BCUT2D eigenvalue weighted by Gasteiger charge is -2.22. The van der Waals surface area contributed by atoms with Gasteiger partial charge in [0.2, 0.25) is 11.8 Å². The van der Waals surface area contributed by atoms with Gasteiger partial charge in [0, 0.05) is 6.54 Å². The molecule has 1 aromatic rings. The summed E-state index contributed by atoms with van der Waals surface area (Å²) in [6.45, 7) is 0.199. The number of amides is 2. The van der Waals surface area contributed by atoms with E-state index in [1.165, 1.54) is 10.9 Å². The quantitative estimate of drug-likeness (QED) is 0.453. The van der Waals surface area contributed by atoms with Crippen LogP contribution in [0.3, 0.4) is 0 Å². The molecule has 2 rings (SSSR count). The van der Waals surface area contributed by atoms with Crippen molar-refractivity contribution in [2.24, 2.45) is 0 Å². The Labute approximate surface area is 113 Å². The summed E-state index contributed by atoms with van der Waals surface area (Å²) in [5.41, 5.74) is 0.458. The van der Waals surface area contributed by atoms with Crippen LogP contribution in [0.5, 0.6) is 0 Å². The molecule has 0 bridgehead atoms. The fraction of sp³-hybridized carbons (Fsp3) is 0.500. The molecule has 2 amide bonds. The molecular formula is C10H14N6O4. The number of carbonyl (C=O) groups excluding carboxylic acids is 2. The summed E-state index contributed by atoms with van der Waals surface area (Å²) in [5, 5.41) is 24.0. The predicted molar refractivity (Wildman–Crippen MR) is 64.3 cm³/mol. The van der Waals surface area contributed by atoms with E-state index in [1.807, 2.05) is 0 Å². The zero-order valence-corrected chi connectivity index (χ0v) is 10.5. The maximum absolute atomic E-state index is 11.8. The number of carbonyl (C=O) groups is 3. The van der Waals surface area contributed by atoms with Crippen molar-refractivity contribution in [3.8, 4) is 0 Å². The molecule has 108 valence electrons. The minimum atomic E-state index is -1.02. The molecular weight excluding hydrogens is 268 g/mol. The Morgan fingerprint density at radius 1 is 1.55 bits per heavy atom. The lowest BCUT2D eigenvalue weighted by molar-refractivity contribution is -0.138. The van der Waals surface area contributed by atoms with Crippen LogP contribution in [0, 0.1) is 0 Å². The smallest absolute Gasteiger partial charge is 0.325 e. The first-order valence-corrected chi connectivity index (χ1v) is 5.93. The average Bonchev–Trinajstić information content (AvgIpc) is 2.83. The molecule has 0 saturated carbocycles. The highest BCUT2D eigenvalue weighted by molar-refractivity contribution is 5.86. The lowest BCUT2D eigenvalue weighted by Crippen LogP contribution is -2.57. The maximum Gasteiger partial charge on any atom is 0.325 e. The number of nitrogens with one attached hydrogen (secondary N) is 3. The number of carboxylic acids is 1. The molecule has 10 heteroatoms. The molecule has 1 aromatic heterocycles. The number of nitrogens with zero attached hydrogens (tertiary/aromatic N) is 3. The minimum Gasteiger partial charge on any atom is -0.480 e. The third kappa shape index (κ3) is 3.75. The van der Waals surface area contributed by atoms with E-state index in [2.05, 4.69) is 26.3 Å². The molecule has 1 saturated heterocycles. The van der Waals surface area contributed by atoms with E-state index in [0.717, 1.165) is 0 Å². The Kier molecular flexibility index (Phi) is 4.25. The fourth-order valence-corrected chi connectivity index (χ4v) is 1.69. The maximum atomic E-state index is 11.8. The van der Waals surface area contributed by atoms with Gasteiger partial charge in [0.15, 0.2) is 0 Å². The van der Waals surface area contributed by atoms with Crippen LogP contribution in [-0.4, -0.2) is 57.0 Å². The normalized spacial score (nSPS) is 18.4. The van der Waals surface area contributed by atoms with Crippen LogP contribution < -0.4 is 16.0 Å². The van der Waals surface area contributed by atoms with E-state index in [4.69, 9.17) is 5.11 Å². The van der Waals surface area contributed by atoms with Crippen LogP contribution in [-0.2, 0) is 27.5 Å². The second-order valence-electron chi connectivity index (χ2n) is 4.26. The molecule has 1 aliphatic rings. The predicted octanol–water partition coefficient (Wildman–Crippen LogP) is -2.93. The van der Waals surface area contributed by atoms with E-state index in [9.17, 15) is 14.4 Å². The Balaban J connectivity index is 1.79. The van der Waals surface area contributed by atoms with Gasteiger partial charge in [-0.15, -0.1) is 5.10 Å². The summed E-state index contributed by atoms with van der Waals surface area (Å²) in [5.74, 6) is -1.43. The number of hydrogen-bond donors (Lipinski definition) is 4. The van der Waals surface area contributed by atoms with E-state index in [1.54, 1.807) is 0 Å². The number of rotatable bonds is 5. The van der Waals surface area contributed by atoms with Crippen LogP contribution in [0.15, 0.2) is 6.20 Å². The summed E-state index contributed by atoms with van der Waals surface area (Å²) in [6.07, 6.45) is 1.45. The summed E-state index contributed by atoms with van der Waals surface area (Å²) in [4.78, 5) is 33.2. The standard InChI is InChI=1S/C10H14N6O4/c17-8-3-11-7(2-12-8)10(20)13-1-6-4-16(15-14-6)5-9(18)19/h4,7,11H,1-3,5H2,(H,12,17)(H,13,20)(H,18,19). The van der Waals surface area contributed by atoms with Gasteiger partial charge >= 0.3 is 5.97 Å². The Hall–Kier alpha value is -2.49. The molecule has 1 fully saturated rings. The molecule has 20 heavy (non-hydrogen) atoms. The average molecular weight is 282 g/mol. The third-order valence-electron chi connectivity index (χ3n) is 2.66. The zero-order chi connectivity index (χ0) is 14.5. The zero-order valence-electron chi connectivity index (χ0n) is 10.5. The lowest BCUT2D eigenvalue weighted by atomic mass is 10.2. The molecule has 0 aromatic carbocycles. The molecule has 0 aliphatic carbocycles. The van der Waals surface area contributed by atoms with Gasteiger partial charge in [-0.1, -0.05) is 5.21 Å². The Morgan fingerprint density at radius 2 is 2.35 bits per heavy atom. The van der Waals surface area contributed by atoms with Crippen molar-refractivity contribution in [3.63, 3.8) is 0 Å². The number of aromatic nitrogens is 3. The van der Waals surface area contributed by atoms with Gasteiger partial charge in [0.25, 0.3) is 0 Å². The van der Waals surface area contributed by atoms with Crippen LogP contribution in [0.25, 0.3) is 0 Å². The highest BCUT2D eigenvalue weighted by Crippen LogP contribution is 1.94. The largest absolute Gasteiger partial charge is 0.480 e. The van der Waals surface area contributed by atoms with E-state index >= 15 is 0 Å². The van der Waals surface area contributed by atoms with Crippen molar-refractivity contribution in [1.82, 2.24) is 30.9 Å². The molecule has 1 atom stereocenters. The molecule has 1 unspecified atom stereocenters. The van der Waals surface area contributed by atoms with Gasteiger partial charge < -0.3 is 15.7 Å². The van der Waals surface area contributed by atoms with Crippen LogP contribution in [0.2, 0.25) is 0 Å². The Morgan fingerprint density at radius 3 is 3.00 bits per heavy atom. The van der Waals surface area contributed by atoms with Gasteiger partial charge in [-0.2, -0.15) is 0 Å². The van der Waals surface area contributed by atoms with Gasteiger partial charge in [0.1, 0.15) is 18.3 Å². The fourth-order valence-electron chi connectivity index (χ4n) is 1.69. The van der Waals surface area contributed by atoms with Gasteiger partial charge in [-0.05, 0) is 0 Å². The summed E-state index contributed by atoms with van der Waals surface area (Å²) >= 11 is 0. The summed E-state index contributed by atoms with van der Waals surface area (Å²) < 4.78 is 1.17. The summed E-state index contributed by atoms with van der Waals surface area (Å²) in [7, 11) is 0. The second-order valence-corrected chi connectivity index (χ2v) is 4.26. The van der Waals surface area contributed by atoms with Crippen molar-refractivity contribution in [3.05, 3.63) is 11.9 Å². The van der Waals surface area contributed by atoms with Crippen LogP contribution >= 0.6 is 0 Å². The molecule has 0 spiro atoms. The van der Waals surface area contributed by atoms with Gasteiger partial charge in [-0.3, -0.25) is 19.7 Å². The highest BCUT2D eigenvalue weighted by Gasteiger charge is 2.23. The first-order chi connectivity index (χ1) is 9.54. The third-order valence-corrected chi connectivity index (χ3v) is 2.66. The van der Waals surface area contributed by atoms with Crippen molar-refractivity contribution in [1.29, 1.82) is 0 Å². The van der Waals surface area contributed by atoms with Gasteiger partial charge in [-0.25, -0.2) is 4.68 Å². The monoisotopic (exact) mass is 282 g/mol. The Bertz CT molecular complexity index is 518. The van der Waals surface area contributed by atoms with E-state index < -0.39 is 12.0 Å². The van der Waals surface area contributed by atoms with E-state index in [0.29, 0.717) is 5.69 Å². The minimum absolute atomic E-state index is 0.104. The topological polar surface area (TPSA) is 138 Å². The second kappa shape index (κ2) is 6.10. The van der Waals surface area contributed by atoms with Crippen LogP contribution in [0.1, 0.15) is 5.69 Å². The SMILES string of the molecule is O=C(O)Cn1cc(CNC(=O)C2CNC(=O)CN2)nn1.